The maximum atomic E-state index is 12.9. The fourth-order valence-electron chi connectivity index (χ4n) is 3.83. The van der Waals surface area contributed by atoms with Gasteiger partial charge >= 0.3 is 0 Å². The van der Waals surface area contributed by atoms with Crippen LogP contribution in [0.15, 0.2) is 24.3 Å². The van der Waals surface area contributed by atoms with Gasteiger partial charge in [0.25, 0.3) is 0 Å². The first-order valence-electron chi connectivity index (χ1n) is 9.13. The van der Waals surface area contributed by atoms with Gasteiger partial charge in [-0.15, -0.1) is 0 Å². The molecule has 2 fully saturated rings. The standard InChI is InChI=1S/C19H26FN3O2/c20-15-4-6-16(7-5-15)22-17(24)14-8-12-23(13-9-14)18(25)19(21)10-2-1-3-11-19/h4-7,14H,1-3,8-13,21H2,(H,22,24). The molecule has 1 saturated heterocycles. The highest BCUT2D eigenvalue weighted by Crippen LogP contribution is 2.29. The fourth-order valence-corrected chi connectivity index (χ4v) is 3.83. The van der Waals surface area contributed by atoms with Crippen LogP contribution in [0.25, 0.3) is 0 Å². The topological polar surface area (TPSA) is 75.4 Å². The molecule has 0 unspecified atom stereocenters. The summed E-state index contributed by atoms with van der Waals surface area (Å²) in [7, 11) is 0. The van der Waals surface area contributed by atoms with Crippen LogP contribution in [0.2, 0.25) is 0 Å². The number of anilines is 1. The van der Waals surface area contributed by atoms with E-state index in [4.69, 9.17) is 5.73 Å². The molecular formula is C19H26FN3O2. The number of rotatable bonds is 3. The maximum absolute atomic E-state index is 12.9. The lowest BCUT2D eigenvalue weighted by molar-refractivity contribution is -0.140. The third-order valence-corrected chi connectivity index (χ3v) is 5.44. The van der Waals surface area contributed by atoms with Gasteiger partial charge in [-0.25, -0.2) is 4.39 Å². The number of halogens is 1. The van der Waals surface area contributed by atoms with Crippen molar-refractivity contribution in [3.05, 3.63) is 30.1 Å². The first-order chi connectivity index (χ1) is 12.0. The van der Waals surface area contributed by atoms with Crippen molar-refractivity contribution in [1.29, 1.82) is 0 Å². The summed E-state index contributed by atoms with van der Waals surface area (Å²) in [5.41, 5.74) is 6.23. The molecule has 2 aliphatic rings. The summed E-state index contributed by atoms with van der Waals surface area (Å²) in [5.74, 6) is -0.485. The zero-order valence-corrected chi connectivity index (χ0v) is 14.5. The Hall–Kier alpha value is -1.95. The van der Waals surface area contributed by atoms with E-state index >= 15 is 0 Å². The summed E-state index contributed by atoms with van der Waals surface area (Å²) in [6, 6.07) is 5.74. The van der Waals surface area contributed by atoms with Gasteiger partial charge in [-0.1, -0.05) is 19.3 Å². The lowest BCUT2D eigenvalue weighted by atomic mass is 9.81. The maximum Gasteiger partial charge on any atom is 0.242 e. The summed E-state index contributed by atoms with van der Waals surface area (Å²) >= 11 is 0. The van der Waals surface area contributed by atoms with Gasteiger partial charge in [-0.3, -0.25) is 9.59 Å². The minimum Gasteiger partial charge on any atom is -0.341 e. The Kier molecular flexibility index (Phi) is 5.37. The largest absolute Gasteiger partial charge is 0.341 e. The van der Waals surface area contributed by atoms with Crippen LogP contribution >= 0.6 is 0 Å². The molecule has 1 saturated carbocycles. The molecule has 1 aromatic rings. The fraction of sp³-hybridized carbons (Fsp3) is 0.579. The Morgan fingerprint density at radius 2 is 1.68 bits per heavy atom. The average molecular weight is 347 g/mol. The van der Waals surface area contributed by atoms with Crippen LogP contribution in [0.5, 0.6) is 0 Å². The molecule has 1 aromatic carbocycles. The van der Waals surface area contributed by atoms with Crippen LogP contribution in [-0.4, -0.2) is 35.3 Å². The molecule has 0 atom stereocenters. The van der Waals surface area contributed by atoms with Gasteiger partial charge in [0.2, 0.25) is 11.8 Å². The predicted octanol–water partition coefficient (Wildman–Crippen LogP) is 2.66. The van der Waals surface area contributed by atoms with Crippen LogP contribution in [0, 0.1) is 11.7 Å². The molecule has 0 spiro atoms. The third kappa shape index (κ3) is 4.18. The lowest BCUT2D eigenvalue weighted by Gasteiger charge is -2.39. The van der Waals surface area contributed by atoms with Crippen molar-refractivity contribution in [3.8, 4) is 0 Å². The number of hydrogen-bond acceptors (Lipinski definition) is 3. The molecule has 5 nitrogen and oxygen atoms in total. The molecule has 25 heavy (non-hydrogen) atoms. The Balaban J connectivity index is 1.51. The zero-order valence-electron chi connectivity index (χ0n) is 14.5. The van der Waals surface area contributed by atoms with Crippen LogP contribution < -0.4 is 11.1 Å². The van der Waals surface area contributed by atoms with E-state index in [1.807, 2.05) is 4.90 Å². The van der Waals surface area contributed by atoms with Crippen LogP contribution in [0.4, 0.5) is 10.1 Å². The molecular weight excluding hydrogens is 321 g/mol. The molecule has 1 heterocycles. The summed E-state index contributed by atoms with van der Waals surface area (Å²) in [4.78, 5) is 26.9. The molecule has 2 amide bonds. The van der Waals surface area contributed by atoms with Crippen LogP contribution in [0.3, 0.4) is 0 Å². The smallest absolute Gasteiger partial charge is 0.242 e. The molecule has 0 bridgehead atoms. The van der Waals surface area contributed by atoms with Crippen molar-refractivity contribution in [1.82, 2.24) is 4.90 Å². The van der Waals surface area contributed by atoms with Crippen molar-refractivity contribution in [2.75, 3.05) is 18.4 Å². The van der Waals surface area contributed by atoms with Gasteiger partial charge in [0.05, 0.1) is 5.54 Å². The van der Waals surface area contributed by atoms with E-state index in [1.165, 1.54) is 12.1 Å². The van der Waals surface area contributed by atoms with Gasteiger partial charge in [0.15, 0.2) is 0 Å². The average Bonchev–Trinajstić information content (AvgIpc) is 2.64. The number of piperidine rings is 1. The number of carbonyl (C=O) groups is 2. The Morgan fingerprint density at radius 1 is 1.08 bits per heavy atom. The monoisotopic (exact) mass is 347 g/mol. The Bertz CT molecular complexity index is 618. The molecule has 6 heteroatoms. The highest BCUT2D eigenvalue weighted by Gasteiger charge is 2.39. The summed E-state index contributed by atoms with van der Waals surface area (Å²) in [6.45, 7) is 1.14. The second kappa shape index (κ2) is 7.52. The Labute approximate surface area is 147 Å². The second-order valence-corrected chi connectivity index (χ2v) is 7.28. The van der Waals surface area contributed by atoms with Crippen molar-refractivity contribution in [2.45, 2.75) is 50.5 Å². The normalized spacial score (nSPS) is 21.0. The van der Waals surface area contributed by atoms with Crippen molar-refractivity contribution < 1.29 is 14.0 Å². The van der Waals surface area contributed by atoms with Crippen LogP contribution in [0.1, 0.15) is 44.9 Å². The number of carbonyl (C=O) groups excluding carboxylic acids is 2. The number of benzene rings is 1. The van der Waals surface area contributed by atoms with Crippen molar-refractivity contribution in [3.63, 3.8) is 0 Å². The van der Waals surface area contributed by atoms with E-state index in [1.54, 1.807) is 12.1 Å². The van der Waals surface area contributed by atoms with Crippen LogP contribution in [-0.2, 0) is 9.59 Å². The zero-order chi connectivity index (χ0) is 17.9. The van der Waals surface area contributed by atoms with Gasteiger partial charge in [0, 0.05) is 24.7 Å². The summed E-state index contributed by atoms with van der Waals surface area (Å²) in [6.07, 6.45) is 5.97. The number of hydrogen-bond donors (Lipinski definition) is 2. The van der Waals surface area contributed by atoms with E-state index < -0.39 is 5.54 Å². The van der Waals surface area contributed by atoms with Crippen molar-refractivity contribution >= 4 is 17.5 Å². The summed E-state index contributed by atoms with van der Waals surface area (Å²) in [5, 5.41) is 2.82. The highest BCUT2D eigenvalue weighted by molar-refractivity contribution is 5.93. The molecule has 1 aliphatic heterocycles. The minimum atomic E-state index is -0.707. The van der Waals surface area contributed by atoms with Gasteiger partial charge in [-0.2, -0.15) is 0 Å². The Morgan fingerprint density at radius 3 is 2.28 bits per heavy atom. The number of nitrogens with two attached hydrogens (primary N) is 1. The number of amides is 2. The molecule has 136 valence electrons. The van der Waals surface area contributed by atoms with E-state index in [-0.39, 0.29) is 23.5 Å². The summed E-state index contributed by atoms with van der Waals surface area (Å²) < 4.78 is 12.9. The molecule has 3 N–H and O–H groups in total. The third-order valence-electron chi connectivity index (χ3n) is 5.44. The highest BCUT2D eigenvalue weighted by atomic mass is 19.1. The van der Waals surface area contributed by atoms with Gasteiger partial charge in [0.1, 0.15) is 5.82 Å². The first kappa shape index (κ1) is 17.9. The number of nitrogens with zero attached hydrogens (tertiary/aromatic N) is 1. The molecule has 0 radical (unpaired) electrons. The van der Waals surface area contributed by atoms with E-state index in [0.29, 0.717) is 31.6 Å². The molecule has 1 aliphatic carbocycles. The molecule has 0 aromatic heterocycles. The predicted molar refractivity (Wildman–Crippen MR) is 94.3 cm³/mol. The van der Waals surface area contributed by atoms with E-state index in [9.17, 15) is 14.0 Å². The van der Waals surface area contributed by atoms with Gasteiger partial charge in [-0.05, 0) is 49.9 Å². The van der Waals surface area contributed by atoms with Crippen molar-refractivity contribution in [2.24, 2.45) is 11.7 Å². The quantitative estimate of drug-likeness (QED) is 0.883. The second-order valence-electron chi connectivity index (χ2n) is 7.28. The first-order valence-corrected chi connectivity index (χ1v) is 9.13. The number of nitrogens with one attached hydrogen (secondary N) is 1. The molecule has 3 rings (SSSR count). The SMILES string of the molecule is NC1(C(=O)N2CCC(C(=O)Nc3ccc(F)cc3)CC2)CCCCC1. The van der Waals surface area contributed by atoms with Gasteiger partial charge < -0.3 is 16.0 Å². The van der Waals surface area contributed by atoms with E-state index in [0.717, 1.165) is 32.1 Å². The lowest BCUT2D eigenvalue weighted by Crippen LogP contribution is -2.58. The number of likely N-dealkylation sites (tertiary alicyclic amines) is 1. The van der Waals surface area contributed by atoms with E-state index in [2.05, 4.69) is 5.32 Å². The minimum absolute atomic E-state index is 0.0459.